The molecule has 8 heteroatoms. The highest BCUT2D eigenvalue weighted by molar-refractivity contribution is 6.14. The van der Waals surface area contributed by atoms with Crippen LogP contribution in [0.4, 0.5) is 0 Å². The molecule has 0 fully saturated rings. The third-order valence-corrected chi connectivity index (χ3v) is 2.50. The molecule has 1 aromatic carbocycles. The van der Waals surface area contributed by atoms with Gasteiger partial charge in [-0.1, -0.05) is 18.2 Å². The Morgan fingerprint density at radius 2 is 1.45 bits per heavy atom. The second-order valence-electron chi connectivity index (χ2n) is 3.92. The second-order valence-corrected chi connectivity index (χ2v) is 3.92. The largest absolute Gasteiger partial charge is 0.502 e. The first-order valence-corrected chi connectivity index (χ1v) is 5.70. The van der Waals surface area contributed by atoms with E-state index in [1.807, 2.05) is 0 Å². The maximum atomic E-state index is 11.9. The maximum absolute atomic E-state index is 11.9. The molecule has 1 aromatic rings. The molecular weight excluding hydrogens is 296 g/mol. The predicted octanol–water partition coefficient (Wildman–Crippen LogP) is 1.35. The summed E-state index contributed by atoms with van der Waals surface area (Å²) < 4.78 is 0. The van der Waals surface area contributed by atoms with Crippen LogP contribution in [0, 0.1) is 0 Å². The van der Waals surface area contributed by atoms with Crippen LogP contribution >= 0.6 is 0 Å². The number of carboxylic acid groups (broad SMARTS) is 3. The van der Waals surface area contributed by atoms with Crippen molar-refractivity contribution in [2.45, 2.75) is 0 Å². The van der Waals surface area contributed by atoms with Crippen LogP contribution in [0.1, 0.15) is 31.1 Å². The summed E-state index contributed by atoms with van der Waals surface area (Å²) in [5.74, 6) is -6.55. The number of allylic oxidation sites excluding steroid dienone is 3. The molecule has 22 heavy (non-hydrogen) atoms. The van der Waals surface area contributed by atoms with Crippen molar-refractivity contribution in [3.63, 3.8) is 0 Å². The maximum Gasteiger partial charge on any atom is 0.370 e. The van der Waals surface area contributed by atoms with E-state index in [4.69, 9.17) is 20.4 Å². The Morgan fingerprint density at radius 3 is 1.95 bits per heavy atom. The molecule has 114 valence electrons. The Kier molecular flexibility index (Phi) is 5.17. The molecule has 0 spiro atoms. The number of aliphatic hydroxyl groups is 1. The average molecular weight is 306 g/mol. The van der Waals surface area contributed by atoms with Gasteiger partial charge in [-0.3, -0.25) is 4.79 Å². The number of carbonyl (C=O) groups is 4. The van der Waals surface area contributed by atoms with Crippen molar-refractivity contribution in [3.8, 4) is 0 Å². The van der Waals surface area contributed by atoms with E-state index in [1.165, 1.54) is 6.07 Å². The smallest absolute Gasteiger partial charge is 0.370 e. The molecule has 0 atom stereocenters. The number of aliphatic hydroxyl groups excluding tert-OH is 1. The lowest BCUT2D eigenvalue weighted by molar-refractivity contribution is -0.135. The van der Waals surface area contributed by atoms with E-state index in [0.717, 1.165) is 30.4 Å². The van der Waals surface area contributed by atoms with E-state index in [9.17, 15) is 19.2 Å². The lowest BCUT2D eigenvalue weighted by Gasteiger charge is -2.06. The summed E-state index contributed by atoms with van der Waals surface area (Å²) in [6.07, 6.45) is 2.44. The molecule has 0 radical (unpaired) electrons. The monoisotopic (exact) mass is 306 g/mol. The first kappa shape index (κ1) is 16.6. The Morgan fingerprint density at radius 1 is 0.864 bits per heavy atom. The molecule has 0 amide bonds. The van der Waals surface area contributed by atoms with Gasteiger partial charge in [0.25, 0.3) is 0 Å². The third kappa shape index (κ3) is 3.79. The summed E-state index contributed by atoms with van der Waals surface area (Å²) in [5, 5.41) is 35.3. The fourth-order valence-corrected chi connectivity index (χ4v) is 1.55. The van der Waals surface area contributed by atoms with Gasteiger partial charge in [-0.2, -0.15) is 0 Å². The van der Waals surface area contributed by atoms with Crippen LogP contribution < -0.4 is 0 Å². The molecule has 0 saturated carbocycles. The molecule has 0 saturated heterocycles. The highest BCUT2D eigenvalue weighted by Gasteiger charge is 2.22. The number of benzene rings is 1. The van der Waals surface area contributed by atoms with Crippen molar-refractivity contribution in [2.75, 3.05) is 0 Å². The third-order valence-electron chi connectivity index (χ3n) is 2.50. The van der Waals surface area contributed by atoms with Gasteiger partial charge in [0.2, 0.25) is 5.76 Å². The molecular formula is C14H10O8. The molecule has 0 heterocycles. The van der Waals surface area contributed by atoms with Crippen molar-refractivity contribution < 1.29 is 39.6 Å². The van der Waals surface area contributed by atoms with Crippen molar-refractivity contribution >= 4 is 23.7 Å². The number of carbonyl (C=O) groups excluding carboxylic acids is 1. The minimum atomic E-state index is -1.60. The van der Waals surface area contributed by atoms with Crippen molar-refractivity contribution in [3.05, 3.63) is 58.9 Å². The van der Waals surface area contributed by atoms with Gasteiger partial charge in [0.05, 0.1) is 11.1 Å². The lowest BCUT2D eigenvalue weighted by Crippen LogP contribution is -2.13. The van der Waals surface area contributed by atoms with E-state index in [0.29, 0.717) is 0 Å². The van der Waals surface area contributed by atoms with Gasteiger partial charge < -0.3 is 20.4 Å². The number of aromatic carboxylic acids is 2. The van der Waals surface area contributed by atoms with Crippen molar-refractivity contribution in [1.29, 1.82) is 0 Å². The fraction of sp³-hybridized carbons (Fsp3) is 0. The number of carboxylic acids is 3. The molecule has 1 rings (SSSR count). The average Bonchev–Trinajstić information content (AvgIpc) is 2.45. The van der Waals surface area contributed by atoms with Gasteiger partial charge in [0.1, 0.15) is 0 Å². The van der Waals surface area contributed by atoms with Crippen LogP contribution in [0.25, 0.3) is 0 Å². The Hall–Kier alpha value is -3.42. The molecule has 4 N–H and O–H groups in total. The Labute approximate surface area is 123 Å². The highest BCUT2D eigenvalue weighted by atomic mass is 16.4. The van der Waals surface area contributed by atoms with Gasteiger partial charge >= 0.3 is 17.9 Å². The molecule has 0 aliphatic carbocycles. The van der Waals surface area contributed by atoms with Crippen LogP contribution in [-0.2, 0) is 4.79 Å². The summed E-state index contributed by atoms with van der Waals surface area (Å²) in [4.78, 5) is 44.4. The molecule has 0 bridgehead atoms. The Bertz CT molecular complexity index is 712. The van der Waals surface area contributed by atoms with Crippen molar-refractivity contribution in [1.82, 2.24) is 0 Å². The van der Waals surface area contributed by atoms with Crippen LogP contribution in [0.2, 0.25) is 0 Å². The quantitative estimate of drug-likeness (QED) is 0.266. The first-order chi connectivity index (χ1) is 10.3. The zero-order valence-corrected chi connectivity index (χ0v) is 10.9. The normalized spacial score (nSPS) is 11.4. The first-order valence-electron chi connectivity index (χ1n) is 5.70. The van der Waals surface area contributed by atoms with E-state index < -0.39 is 40.6 Å². The highest BCUT2D eigenvalue weighted by Crippen LogP contribution is 2.16. The number of ketones is 1. The van der Waals surface area contributed by atoms with Gasteiger partial charge in [0.15, 0.2) is 5.78 Å². The van der Waals surface area contributed by atoms with Crippen molar-refractivity contribution in [2.24, 2.45) is 0 Å². The summed E-state index contributed by atoms with van der Waals surface area (Å²) in [5.41, 5.74) is -1.58. The van der Waals surface area contributed by atoms with Gasteiger partial charge in [-0.25, -0.2) is 14.4 Å². The zero-order valence-electron chi connectivity index (χ0n) is 10.9. The summed E-state index contributed by atoms with van der Waals surface area (Å²) in [6, 6.07) is 3.38. The van der Waals surface area contributed by atoms with E-state index in [2.05, 4.69) is 0 Å². The standard InChI is InChI=1S/C14H10O8/c15-9(5-2-6-10(16)13(19)20)7-3-1-4-8(12(17)18)11(7)14(21)22/h1-6,16H,(H,17,18)(H,19,20)(H,21,22)/b5-2-,10-6+. The number of rotatable bonds is 6. The van der Waals surface area contributed by atoms with E-state index in [-0.39, 0.29) is 5.56 Å². The Balaban J connectivity index is 3.25. The van der Waals surface area contributed by atoms with E-state index in [1.54, 1.807) is 0 Å². The lowest BCUT2D eigenvalue weighted by atomic mass is 9.97. The minimum Gasteiger partial charge on any atom is -0.502 e. The number of aliphatic carboxylic acids is 1. The second kappa shape index (κ2) is 6.84. The van der Waals surface area contributed by atoms with Crippen LogP contribution in [-0.4, -0.2) is 44.1 Å². The zero-order chi connectivity index (χ0) is 16.9. The number of hydrogen-bond donors (Lipinski definition) is 4. The predicted molar refractivity (Wildman–Crippen MR) is 72.2 cm³/mol. The SMILES string of the molecule is O=C(O)/C(O)=C\C=C/C(=O)c1cccc(C(=O)O)c1C(=O)O. The van der Waals surface area contributed by atoms with Crippen LogP contribution in [0.3, 0.4) is 0 Å². The van der Waals surface area contributed by atoms with Gasteiger partial charge in [-0.05, 0) is 18.2 Å². The minimum absolute atomic E-state index is 0.369. The molecule has 0 aromatic heterocycles. The van der Waals surface area contributed by atoms with E-state index >= 15 is 0 Å². The molecule has 0 unspecified atom stereocenters. The van der Waals surface area contributed by atoms with Gasteiger partial charge in [-0.15, -0.1) is 0 Å². The van der Waals surface area contributed by atoms with Gasteiger partial charge in [0, 0.05) is 5.56 Å². The molecule has 0 aliphatic rings. The molecule has 8 nitrogen and oxygen atoms in total. The fourth-order valence-electron chi connectivity index (χ4n) is 1.55. The number of hydrogen-bond acceptors (Lipinski definition) is 5. The van der Waals surface area contributed by atoms with Crippen LogP contribution in [0.15, 0.2) is 42.2 Å². The van der Waals surface area contributed by atoms with Crippen LogP contribution in [0.5, 0.6) is 0 Å². The molecule has 0 aliphatic heterocycles. The summed E-state index contributed by atoms with van der Waals surface area (Å²) in [6.45, 7) is 0. The summed E-state index contributed by atoms with van der Waals surface area (Å²) >= 11 is 0. The topological polar surface area (TPSA) is 149 Å². The summed E-state index contributed by atoms with van der Waals surface area (Å²) in [7, 11) is 0.